The van der Waals surface area contributed by atoms with Gasteiger partial charge in [0.15, 0.2) is 0 Å². The van der Waals surface area contributed by atoms with Crippen molar-refractivity contribution in [3.8, 4) is 0 Å². The van der Waals surface area contributed by atoms with E-state index in [1.165, 1.54) is 11.3 Å². The van der Waals surface area contributed by atoms with Crippen molar-refractivity contribution in [1.29, 1.82) is 0 Å². The lowest BCUT2D eigenvalue weighted by atomic mass is 10.3. The molecular weight excluding hydrogens is 270 g/mol. The standard InChI is InChI=1S/C15H15N3OS/c19-15(14-7-3-10-20-14)16-8-4-9-18-11-17-12-5-1-2-6-13(12)18/h1-3,5-7,10-11H,4,8-9H2,(H,16,19). The zero-order valence-corrected chi connectivity index (χ0v) is 11.8. The summed E-state index contributed by atoms with van der Waals surface area (Å²) in [5.41, 5.74) is 2.15. The number of carbonyl (C=O) groups excluding carboxylic acids is 1. The molecule has 1 amide bonds. The largest absolute Gasteiger partial charge is 0.351 e. The van der Waals surface area contributed by atoms with Crippen molar-refractivity contribution < 1.29 is 4.79 Å². The number of fused-ring (bicyclic) bond motifs is 1. The van der Waals surface area contributed by atoms with E-state index in [1.54, 1.807) is 0 Å². The van der Waals surface area contributed by atoms with Crippen LogP contribution in [-0.2, 0) is 6.54 Å². The van der Waals surface area contributed by atoms with Gasteiger partial charge in [-0.05, 0) is 30.0 Å². The first kappa shape index (κ1) is 12.9. The maximum Gasteiger partial charge on any atom is 0.261 e. The molecule has 0 saturated carbocycles. The lowest BCUT2D eigenvalue weighted by molar-refractivity contribution is 0.0957. The second-order valence-electron chi connectivity index (χ2n) is 4.51. The predicted octanol–water partition coefficient (Wildman–Crippen LogP) is 2.92. The topological polar surface area (TPSA) is 46.9 Å². The number of hydrogen-bond donors (Lipinski definition) is 1. The molecule has 0 aliphatic heterocycles. The summed E-state index contributed by atoms with van der Waals surface area (Å²) < 4.78 is 2.12. The summed E-state index contributed by atoms with van der Waals surface area (Å²) >= 11 is 1.46. The predicted molar refractivity (Wildman–Crippen MR) is 81.0 cm³/mol. The van der Waals surface area contributed by atoms with Gasteiger partial charge in [0.25, 0.3) is 5.91 Å². The summed E-state index contributed by atoms with van der Waals surface area (Å²) in [5, 5.41) is 4.84. The third kappa shape index (κ3) is 2.72. The Morgan fingerprint density at radius 3 is 3.00 bits per heavy atom. The van der Waals surface area contributed by atoms with Gasteiger partial charge in [-0.3, -0.25) is 4.79 Å². The zero-order valence-electron chi connectivity index (χ0n) is 11.0. The van der Waals surface area contributed by atoms with Crippen molar-refractivity contribution in [1.82, 2.24) is 14.9 Å². The molecule has 0 radical (unpaired) electrons. The summed E-state index contributed by atoms with van der Waals surface area (Å²) in [6.07, 6.45) is 2.74. The van der Waals surface area contributed by atoms with Gasteiger partial charge in [-0.2, -0.15) is 0 Å². The van der Waals surface area contributed by atoms with Crippen molar-refractivity contribution in [2.75, 3.05) is 6.54 Å². The van der Waals surface area contributed by atoms with Gasteiger partial charge in [-0.15, -0.1) is 11.3 Å². The second-order valence-corrected chi connectivity index (χ2v) is 5.46. The molecule has 0 unspecified atom stereocenters. The van der Waals surface area contributed by atoms with Crippen molar-refractivity contribution >= 4 is 28.3 Å². The minimum atomic E-state index is 0.00971. The van der Waals surface area contributed by atoms with Crippen LogP contribution in [0.15, 0.2) is 48.1 Å². The molecule has 0 saturated heterocycles. The molecule has 3 rings (SSSR count). The number of thiophene rings is 1. The summed E-state index contributed by atoms with van der Waals surface area (Å²) in [7, 11) is 0. The fourth-order valence-electron chi connectivity index (χ4n) is 2.13. The highest BCUT2D eigenvalue weighted by Crippen LogP contribution is 2.12. The van der Waals surface area contributed by atoms with Crippen LogP contribution in [0.25, 0.3) is 11.0 Å². The molecule has 5 heteroatoms. The van der Waals surface area contributed by atoms with E-state index in [0.717, 1.165) is 28.9 Å². The summed E-state index contributed by atoms with van der Waals surface area (Å²) in [4.78, 5) is 16.9. The number of nitrogens with zero attached hydrogens (tertiary/aromatic N) is 2. The van der Waals surface area contributed by atoms with Gasteiger partial charge in [0.05, 0.1) is 22.2 Å². The lowest BCUT2D eigenvalue weighted by Gasteiger charge is -2.05. The number of rotatable bonds is 5. The fourth-order valence-corrected chi connectivity index (χ4v) is 2.77. The Hall–Kier alpha value is -2.14. The average molecular weight is 285 g/mol. The molecule has 102 valence electrons. The zero-order chi connectivity index (χ0) is 13.8. The summed E-state index contributed by atoms with van der Waals surface area (Å²) in [6, 6.07) is 11.8. The molecule has 2 aromatic heterocycles. The first-order chi connectivity index (χ1) is 9.84. The molecule has 0 bridgehead atoms. The molecule has 0 fully saturated rings. The van der Waals surface area contributed by atoms with Crippen LogP contribution in [0, 0.1) is 0 Å². The molecular formula is C15H15N3OS. The highest BCUT2D eigenvalue weighted by atomic mass is 32.1. The minimum Gasteiger partial charge on any atom is -0.351 e. The van der Waals surface area contributed by atoms with Crippen LogP contribution in [0.2, 0.25) is 0 Å². The van der Waals surface area contributed by atoms with E-state index >= 15 is 0 Å². The van der Waals surface area contributed by atoms with E-state index < -0.39 is 0 Å². The molecule has 20 heavy (non-hydrogen) atoms. The van der Waals surface area contributed by atoms with Crippen LogP contribution in [-0.4, -0.2) is 22.0 Å². The SMILES string of the molecule is O=C(NCCCn1cnc2ccccc21)c1cccs1. The van der Waals surface area contributed by atoms with Crippen LogP contribution < -0.4 is 5.32 Å². The van der Waals surface area contributed by atoms with Gasteiger partial charge >= 0.3 is 0 Å². The average Bonchev–Trinajstić information content (AvgIpc) is 3.13. The van der Waals surface area contributed by atoms with Gasteiger partial charge < -0.3 is 9.88 Å². The molecule has 4 nitrogen and oxygen atoms in total. The number of hydrogen-bond acceptors (Lipinski definition) is 3. The highest BCUT2D eigenvalue weighted by molar-refractivity contribution is 7.12. The van der Waals surface area contributed by atoms with Crippen molar-refractivity contribution in [3.63, 3.8) is 0 Å². The monoisotopic (exact) mass is 285 g/mol. The van der Waals surface area contributed by atoms with Crippen molar-refractivity contribution in [2.24, 2.45) is 0 Å². The minimum absolute atomic E-state index is 0.00971. The fraction of sp³-hybridized carbons (Fsp3) is 0.200. The number of carbonyl (C=O) groups is 1. The molecule has 0 aliphatic carbocycles. The number of amides is 1. The van der Waals surface area contributed by atoms with E-state index in [2.05, 4.69) is 20.9 Å². The Labute approximate surface area is 121 Å². The highest BCUT2D eigenvalue weighted by Gasteiger charge is 2.05. The Morgan fingerprint density at radius 1 is 1.25 bits per heavy atom. The number of para-hydroxylation sites is 2. The normalized spacial score (nSPS) is 10.8. The second kappa shape index (κ2) is 5.88. The van der Waals surface area contributed by atoms with Gasteiger partial charge in [-0.25, -0.2) is 4.98 Å². The summed E-state index contributed by atoms with van der Waals surface area (Å²) in [6.45, 7) is 1.52. The van der Waals surface area contributed by atoms with Gasteiger partial charge in [0.1, 0.15) is 0 Å². The van der Waals surface area contributed by atoms with E-state index in [1.807, 2.05) is 42.0 Å². The Kier molecular flexibility index (Phi) is 3.78. The lowest BCUT2D eigenvalue weighted by Crippen LogP contribution is -2.24. The third-order valence-electron chi connectivity index (χ3n) is 3.13. The van der Waals surface area contributed by atoms with Crippen LogP contribution in [0.4, 0.5) is 0 Å². The molecule has 2 heterocycles. The maximum absolute atomic E-state index is 11.8. The maximum atomic E-state index is 11.8. The smallest absolute Gasteiger partial charge is 0.261 e. The third-order valence-corrected chi connectivity index (χ3v) is 4.00. The Balaban J connectivity index is 1.52. The molecule has 1 N–H and O–H groups in total. The van der Waals surface area contributed by atoms with Crippen LogP contribution in [0.1, 0.15) is 16.1 Å². The van der Waals surface area contributed by atoms with Gasteiger partial charge in [0.2, 0.25) is 0 Å². The van der Waals surface area contributed by atoms with Crippen LogP contribution in [0.5, 0.6) is 0 Å². The molecule has 0 atom stereocenters. The Morgan fingerprint density at radius 2 is 2.15 bits per heavy atom. The Bertz CT molecular complexity index is 703. The van der Waals surface area contributed by atoms with Crippen LogP contribution in [0.3, 0.4) is 0 Å². The number of aryl methyl sites for hydroxylation is 1. The van der Waals surface area contributed by atoms with E-state index in [4.69, 9.17) is 0 Å². The molecule has 0 spiro atoms. The van der Waals surface area contributed by atoms with Gasteiger partial charge in [0, 0.05) is 13.1 Å². The number of aromatic nitrogens is 2. The van der Waals surface area contributed by atoms with Crippen LogP contribution >= 0.6 is 11.3 Å². The first-order valence-electron chi connectivity index (χ1n) is 6.56. The number of nitrogens with one attached hydrogen (secondary N) is 1. The summed E-state index contributed by atoms with van der Waals surface area (Å²) in [5.74, 6) is 0.00971. The quantitative estimate of drug-likeness (QED) is 0.733. The molecule has 3 aromatic rings. The van der Waals surface area contributed by atoms with E-state index in [9.17, 15) is 4.79 Å². The van der Waals surface area contributed by atoms with E-state index in [0.29, 0.717) is 6.54 Å². The number of benzene rings is 1. The first-order valence-corrected chi connectivity index (χ1v) is 7.44. The van der Waals surface area contributed by atoms with Crippen molar-refractivity contribution in [2.45, 2.75) is 13.0 Å². The molecule has 1 aromatic carbocycles. The van der Waals surface area contributed by atoms with E-state index in [-0.39, 0.29) is 5.91 Å². The van der Waals surface area contributed by atoms with Gasteiger partial charge in [-0.1, -0.05) is 18.2 Å². The van der Waals surface area contributed by atoms with Crippen molar-refractivity contribution in [3.05, 3.63) is 53.0 Å². The molecule has 0 aliphatic rings. The number of imidazole rings is 1.